The molecule has 1 unspecified atom stereocenters. The lowest BCUT2D eigenvalue weighted by molar-refractivity contribution is 0.118. The molecule has 0 saturated heterocycles. The van der Waals surface area contributed by atoms with Crippen LogP contribution in [0.4, 0.5) is 0 Å². The summed E-state index contributed by atoms with van der Waals surface area (Å²) in [6.45, 7) is 3.88. The number of thiazole rings is 1. The molecule has 0 aliphatic heterocycles. The minimum absolute atomic E-state index is 0.0747. The highest BCUT2D eigenvalue weighted by Crippen LogP contribution is 2.42. The smallest absolute Gasteiger partial charge is 0.325 e. The van der Waals surface area contributed by atoms with Crippen LogP contribution >= 0.6 is 11.3 Å². The third-order valence-corrected chi connectivity index (χ3v) is 5.66. The van der Waals surface area contributed by atoms with Crippen molar-refractivity contribution >= 4 is 11.3 Å². The number of H-pyrrole nitrogens is 2. The van der Waals surface area contributed by atoms with Crippen molar-refractivity contribution in [2.45, 2.75) is 32.3 Å². The third-order valence-electron chi connectivity index (χ3n) is 4.63. The maximum atomic E-state index is 12.5. The maximum absolute atomic E-state index is 12.5. The minimum Gasteiger partial charge on any atom is -0.374 e. The Morgan fingerprint density at radius 1 is 1.20 bits per heavy atom. The molecular formula is C18H17N3O3S. The third kappa shape index (κ3) is 2.39. The highest BCUT2D eigenvalue weighted by molar-refractivity contribution is 7.11. The van der Waals surface area contributed by atoms with Crippen LogP contribution in [0.2, 0.25) is 0 Å². The first-order chi connectivity index (χ1) is 11.9. The van der Waals surface area contributed by atoms with Crippen LogP contribution in [0.5, 0.6) is 0 Å². The van der Waals surface area contributed by atoms with E-state index in [1.54, 1.807) is 0 Å². The standard InChI is InChI=1S/C18H17N3O3S/c1-9-3-5-12-11(7-9)4-6-14-15(20-10(2)25-14)18(12,24)13-8-19-17(23)21-16(13)22/h3,5,7-8,24H,4,6H2,1-2H3,(H2,19,21,22,23). The first kappa shape index (κ1) is 16.0. The number of hydrogen-bond acceptors (Lipinski definition) is 5. The molecular weight excluding hydrogens is 338 g/mol. The van der Waals surface area contributed by atoms with Gasteiger partial charge in [0.2, 0.25) is 0 Å². The number of aromatic amines is 2. The molecule has 128 valence electrons. The molecule has 3 aromatic rings. The van der Waals surface area contributed by atoms with E-state index in [9.17, 15) is 14.7 Å². The van der Waals surface area contributed by atoms with Gasteiger partial charge in [-0.25, -0.2) is 9.78 Å². The molecule has 2 aromatic heterocycles. The van der Waals surface area contributed by atoms with Gasteiger partial charge in [-0.1, -0.05) is 23.8 Å². The van der Waals surface area contributed by atoms with Gasteiger partial charge in [-0.3, -0.25) is 9.78 Å². The lowest BCUT2D eigenvalue weighted by Crippen LogP contribution is -2.39. The van der Waals surface area contributed by atoms with Crippen LogP contribution in [0, 0.1) is 13.8 Å². The molecule has 1 aliphatic carbocycles. The highest BCUT2D eigenvalue weighted by Gasteiger charge is 2.43. The number of hydrogen-bond donors (Lipinski definition) is 3. The molecule has 2 heterocycles. The molecule has 3 N–H and O–H groups in total. The zero-order valence-corrected chi connectivity index (χ0v) is 14.7. The predicted octanol–water partition coefficient (Wildman–Crippen LogP) is 1.52. The normalized spacial score (nSPS) is 19.2. The predicted molar refractivity (Wildman–Crippen MR) is 95.2 cm³/mol. The molecule has 0 spiro atoms. The molecule has 1 atom stereocenters. The SMILES string of the molecule is Cc1ccc2c(c1)CCc1sc(C)nc1C2(O)c1c[nH]c(=O)[nH]c1=O. The molecule has 1 aromatic carbocycles. The summed E-state index contributed by atoms with van der Waals surface area (Å²) < 4.78 is 0. The topological polar surface area (TPSA) is 98.8 Å². The van der Waals surface area contributed by atoms with Crippen LogP contribution in [0.25, 0.3) is 0 Å². The van der Waals surface area contributed by atoms with Crippen molar-refractivity contribution in [3.63, 3.8) is 0 Å². The number of aliphatic hydroxyl groups is 1. The van der Waals surface area contributed by atoms with E-state index in [4.69, 9.17) is 0 Å². The lowest BCUT2D eigenvalue weighted by Gasteiger charge is -2.28. The second-order valence-electron chi connectivity index (χ2n) is 6.36. The van der Waals surface area contributed by atoms with Crippen LogP contribution in [-0.4, -0.2) is 20.1 Å². The molecule has 0 amide bonds. The van der Waals surface area contributed by atoms with Crippen LogP contribution in [0.15, 0.2) is 34.0 Å². The number of nitrogens with zero attached hydrogens (tertiary/aromatic N) is 1. The van der Waals surface area contributed by atoms with Gasteiger partial charge in [-0.2, -0.15) is 0 Å². The van der Waals surface area contributed by atoms with E-state index in [-0.39, 0.29) is 5.56 Å². The fourth-order valence-corrected chi connectivity index (χ4v) is 4.52. The van der Waals surface area contributed by atoms with E-state index in [0.29, 0.717) is 11.3 Å². The molecule has 4 rings (SSSR count). The van der Waals surface area contributed by atoms with Gasteiger partial charge >= 0.3 is 5.69 Å². The van der Waals surface area contributed by atoms with Crippen LogP contribution < -0.4 is 11.2 Å². The molecule has 7 heteroatoms. The van der Waals surface area contributed by atoms with Crippen molar-refractivity contribution in [1.82, 2.24) is 15.0 Å². The van der Waals surface area contributed by atoms with E-state index in [1.807, 2.05) is 32.0 Å². The Morgan fingerprint density at radius 3 is 2.76 bits per heavy atom. The summed E-state index contributed by atoms with van der Waals surface area (Å²) in [5, 5.41) is 12.6. The van der Waals surface area contributed by atoms with Gasteiger partial charge in [-0.15, -0.1) is 11.3 Å². The number of benzene rings is 1. The molecule has 0 radical (unpaired) electrons. The Bertz CT molecular complexity index is 1100. The van der Waals surface area contributed by atoms with Crippen molar-refractivity contribution in [2.24, 2.45) is 0 Å². The Morgan fingerprint density at radius 2 is 2.00 bits per heavy atom. The summed E-state index contributed by atoms with van der Waals surface area (Å²) in [5.74, 6) is 0. The largest absolute Gasteiger partial charge is 0.374 e. The van der Waals surface area contributed by atoms with Gasteiger partial charge in [0.25, 0.3) is 5.56 Å². The number of nitrogens with one attached hydrogen (secondary N) is 2. The van der Waals surface area contributed by atoms with Gasteiger partial charge in [0, 0.05) is 11.1 Å². The van der Waals surface area contributed by atoms with Crippen LogP contribution in [-0.2, 0) is 18.4 Å². The average molecular weight is 355 g/mol. The van der Waals surface area contributed by atoms with Crippen molar-refractivity contribution in [2.75, 3.05) is 0 Å². The summed E-state index contributed by atoms with van der Waals surface area (Å²) in [6, 6.07) is 5.79. The Kier molecular flexibility index (Phi) is 3.52. The summed E-state index contributed by atoms with van der Waals surface area (Å²) in [6.07, 6.45) is 2.80. The molecule has 6 nitrogen and oxygen atoms in total. The first-order valence-electron chi connectivity index (χ1n) is 8.01. The average Bonchev–Trinajstić information content (AvgIpc) is 2.89. The Labute approximate surface area is 147 Å². The summed E-state index contributed by atoms with van der Waals surface area (Å²) >= 11 is 1.53. The van der Waals surface area contributed by atoms with Crippen molar-refractivity contribution in [1.29, 1.82) is 0 Å². The summed E-state index contributed by atoms with van der Waals surface area (Å²) in [5.41, 5.74) is 0.348. The monoisotopic (exact) mass is 355 g/mol. The van der Waals surface area contributed by atoms with Crippen LogP contribution in [0.1, 0.15) is 37.8 Å². The lowest BCUT2D eigenvalue weighted by atomic mass is 9.82. The summed E-state index contributed by atoms with van der Waals surface area (Å²) in [4.78, 5) is 34.1. The minimum atomic E-state index is -1.70. The highest BCUT2D eigenvalue weighted by atomic mass is 32.1. The first-order valence-corrected chi connectivity index (χ1v) is 8.83. The van der Waals surface area contributed by atoms with E-state index >= 15 is 0 Å². The second kappa shape index (κ2) is 5.50. The van der Waals surface area contributed by atoms with Gasteiger partial charge in [0.1, 0.15) is 0 Å². The fraction of sp³-hybridized carbons (Fsp3) is 0.278. The fourth-order valence-electron chi connectivity index (χ4n) is 3.53. The van der Waals surface area contributed by atoms with Crippen molar-refractivity contribution in [3.05, 3.63) is 83.1 Å². The second-order valence-corrected chi connectivity index (χ2v) is 7.65. The van der Waals surface area contributed by atoms with E-state index in [2.05, 4.69) is 15.0 Å². The summed E-state index contributed by atoms with van der Waals surface area (Å²) in [7, 11) is 0. The van der Waals surface area contributed by atoms with E-state index < -0.39 is 16.9 Å². The maximum Gasteiger partial charge on any atom is 0.325 e. The van der Waals surface area contributed by atoms with Gasteiger partial charge in [0.15, 0.2) is 5.60 Å². The van der Waals surface area contributed by atoms with Gasteiger partial charge in [0.05, 0.1) is 16.3 Å². The van der Waals surface area contributed by atoms with Crippen molar-refractivity contribution < 1.29 is 5.11 Å². The molecule has 1 aliphatic rings. The molecule has 0 bridgehead atoms. The molecule has 0 fully saturated rings. The Hall–Kier alpha value is -2.51. The van der Waals surface area contributed by atoms with E-state index in [0.717, 1.165) is 33.9 Å². The molecule has 0 saturated carbocycles. The van der Waals surface area contributed by atoms with Gasteiger partial charge < -0.3 is 10.1 Å². The van der Waals surface area contributed by atoms with Crippen LogP contribution in [0.3, 0.4) is 0 Å². The zero-order valence-electron chi connectivity index (χ0n) is 13.8. The number of rotatable bonds is 1. The Balaban J connectivity index is 2.11. The van der Waals surface area contributed by atoms with Crippen molar-refractivity contribution in [3.8, 4) is 0 Å². The van der Waals surface area contributed by atoms with E-state index in [1.165, 1.54) is 17.5 Å². The number of aryl methyl sites for hydroxylation is 4. The van der Waals surface area contributed by atoms with Gasteiger partial charge in [-0.05, 0) is 37.8 Å². The quantitative estimate of drug-likeness (QED) is 0.616. The molecule has 25 heavy (non-hydrogen) atoms. The number of aromatic nitrogens is 3. The number of fused-ring (bicyclic) bond motifs is 2. The zero-order chi connectivity index (χ0) is 17.8.